The summed E-state index contributed by atoms with van der Waals surface area (Å²) < 4.78 is 1.66. The average molecular weight is 361 g/mol. The number of hydrazone groups is 1. The van der Waals surface area contributed by atoms with Gasteiger partial charge in [-0.15, -0.1) is 0 Å². The van der Waals surface area contributed by atoms with Crippen molar-refractivity contribution >= 4 is 23.5 Å². The van der Waals surface area contributed by atoms with Gasteiger partial charge in [0.05, 0.1) is 11.9 Å². The maximum absolute atomic E-state index is 12.0. The third-order valence-electron chi connectivity index (χ3n) is 4.22. The van der Waals surface area contributed by atoms with Crippen LogP contribution in [0.25, 0.3) is 0 Å². The molecule has 3 rings (SSSR count). The highest BCUT2D eigenvalue weighted by Gasteiger charge is 2.06. The highest BCUT2D eigenvalue weighted by Crippen LogP contribution is 2.22. The van der Waals surface area contributed by atoms with Crippen LogP contribution in [-0.4, -0.2) is 28.9 Å². The fourth-order valence-corrected chi connectivity index (χ4v) is 2.77. The lowest BCUT2D eigenvalue weighted by atomic mass is 10.2. The maximum Gasteiger partial charge on any atom is 0.261 e. The molecule has 0 unspecified atom stereocenters. The second kappa shape index (κ2) is 8.31. The molecule has 3 aromatic rings. The molecule has 0 atom stereocenters. The molecule has 1 heterocycles. The molecule has 27 heavy (non-hydrogen) atoms. The first-order valence-corrected chi connectivity index (χ1v) is 8.75. The van der Waals surface area contributed by atoms with E-state index in [1.165, 1.54) is 0 Å². The summed E-state index contributed by atoms with van der Waals surface area (Å²) in [6.45, 7) is 3.97. The Hall–Kier alpha value is -3.41. The van der Waals surface area contributed by atoms with E-state index in [1.54, 1.807) is 10.9 Å². The number of para-hydroxylation sites is 1. The summed E-state index contributed by atoms with van der Waals surface area (Å²) in [6.07, 6.45) is 1.63. The number of aromatic nitrogens is 2. The first-order valence-electron chi connectivity index (χ1n) is 8.75. The summed E-state index contributed by atoms with van der Waals surface area (Å²) in [5, 5.41) is 8.29. The number of carbonyl (C=O) groups is 1. The Morgan fingerprint density at radius 3 is 2.41 bits per heavy atom. The standard InChI is InChI=1S/C21H23N5O/c1-16-13-17(2)26(24-16)15-21(27)23-22-14-18-9-11-20(12-10-18)25(3)19-7-5-4-6-8-19/h4-14H,15H2,1-3H3,(H,23,27)/b22-14+. The largest absolute Gasteiger partial charge is 0.345 e. The van der Waals surface area contributed by atoms with Gasteiger partial charge in [0, 0.05) is 24.1 Å². The lowest BCUT2D eigenvalue weighted by Gasteiger charge is -2.19. The van der Waals surface area contributed by atoms with E-state index in [4.69, 9.17) is 0 Å². The predicted molar refractivity (Wildman–Crippen MR) is 108 cm³/mol. The van der Waals surface area contributed by atoms with E-state index in [1.807, 2.05) is 69.4 Å². The van der Waals surface area contributed by atoms with Crippen LogP contribution >= 0.6 is 0 Å². The number of carbonyl (C=O) groups excluding carboxylic acids is 1. The van der Waals surface area contributed by atoms with Crippen LogP contribution in [0.15, 0.2) is 65.8 Å². The topological polar surface area (TPSA) is 62.5 Å². The molecule has 6 heteroatoms. The van der Waals surface area contributed by atoms with E-state index < -0.39 is 0 Å². The van der Waals surface area contributed by atoms with Gasteiger partial charge in [0.2, 0.25) is 0 Å². The number of amides is 1. The third-order valence-corrected chi connectivity index (χ3v) is 4.22. The van der Waals surface area contributed by atoms with E-state index in [9.17, 15) is 4.79 Å². The van der Waals surface area contributed by atoms with Gasteiger partial charge in [0.25, 0.3) is 5.91 Å². The molecule has 0 aliphatic heterocycles. The van der Waals surface area contributed by atoms with Crippen LogP contribution in [0.2, 0.25) is 0 Å². The van der Waals surface area contributed by atoms with Crippen molar-refractivity contribution in [3.63, 3.8) is 0 Å². The number of nitrogens with one attached hydrogen (secondary N) is 1. The van der Waals surface area contributed by atoms with Crippen LogP contribution in [0.5, 0.6) is 0 Å². The van der Waals surface area contributed by atoms with Crippen molar-refractivity contribution in [1.82, 2.24) is 15.2 Å². The number of hydrogen-bond acceptors (Lipinski definition) is 4. The summed E-state index contributed by atoms with van der Waals surface area (Å²) in [7, 11) is 2.03. The molecule has 0 radical (unpaired) electrons. The Bertz CT molecular complexity index is 929. The third kappa shape index (κ3) is 4.82. The summed E-state index contributed by atoms with van der Waals surface area (Å²) in [5.74, 6) is -0.210. The number of aryl methyl sites for hydroxylation is 2. The van der Waals surface area contributed by atoms with Crippen LogP contribution in [0.3, 0.4) is 0 Å². The number of nitrogens with zero attached hydrogens (tertiary/aromatic N) is 4. The molecule has 1 aromatic heterocycles. The van der Waals surface area contributed by atoms with Crippen LogP contribution < -0.4 is 10.3 Å². The minimum atomic E-state index is -0.210. The zero-order valence-corrected chi connectivity index (χ0v) is 15.8. The van der Waals surface area contributed by atoms with Crippen molar-refractivity contribution in [2.24, 2.45) is 5.10 Å². The van der Waals surface area contributed by atoms with Crippen molar-refractivity contribution in [3.05, 3.63) is 77.6 Å². The highest BCUT2D eigenvalue weighted by atomic mass is 16.2. The molecule has 0 aliphatic rings. The van der Waals surface area contributed by atoms with E-state index in [-0.39, 0.29) is 12.5 Å². The summed E-state index contributed by atoms with van der Waals surface area (Å²) in [4.78, 5) is 14.1. The van der Waals surface area contributed by atoms with E-state index in [2.05, 4.69) is 32.7 Å². The van der Waals surface area contributed by atoms with Gasteiger partial charge in [0.15, 0.2) is 0 Å². The molecule has 0 saturated carbocycles. The summed E-state index contributed by atoms with van der Waals surface area (Å²) >= 11 is 0. The zero-order valence-electron chi connectivity index (χ0n) is 15.8. The van der Waals surface area contributed by atoms with Crippen molar-refractivity contribution in [2.75, 3.05) is 11.9 Å². The molecule has 0 saturated heterocycles. The Labute approximate surface area is 159 Å². The quantitative estimate of drug-likeness (QED) is 0.540. The minimum absolute atomic E-state index is 0.151. The van der Waals surface area contributed by atoms with E-state index >= 15 is 0 Å². The molecule has 2 aromatic carbocycles. The van der Waals surface area contributed by atoms with E-state index in [0.717, 1.165) is 28.3 Å². The van der Waals surface area contributed by atoms with Crippen molar-refractivity contribution in [2.45, 2.75) is 20.4 Å². The van der Waals surface area contributed by atoms with Gasteiger partial charge in [-0.05, 0) is 49.7 Å². The van der Waals surface area contributed by atoms with Gasteiger partial charge in [0.1, 0.15) is 6.54 Å². The molecule has 138 valence electrons. The normalized spacial score (nSPS) is 10.9. The fraction of sp³-hybridized carbons (Fsp3) is 0.190. The van der Waals surface area contributed by atoms with Crippen LogP contribution in [0.4, 0.5) is 11.4 Å². The van der Waals surface area contributed by atoms with Crippen LogP contribution in [0.1, 0.15) is 17.0 Å². The number of anilines is 2. The fourth-order valence-electron chi connectivity index (χ4n) is 2.77. The molecule has 6 nitrogen and oxygen atoms in total. The number of benzene rings is 2. The zero-order chi connectivity index (χ0) is 19.2. The smallest absolute Gasteiger partial charge is 0.261 e. The van der Waals surface area contributed by atoms with Gasteiger partial charge in [-0.1, -0.05) is 30.3 Å². The van der Waals surface area contributed by atoms with Crippen molar-refractivity contribution < 1.29 is 4.79 Å². The lowest BCUT2D eigenvalue weighted by Crippen LogP contribution is -2.24. The summed E-state index contributed by atoms with van der Waals surface area (Å²) in [5.41, 5.74) is 7.49. The first-order chi connectivity index (χ1) is 13.0. The molecular formula is C21H23N5O. The van der Waals surface area contributed by atoms with Gasteiger partial charge in [-0.2, -0.15) is 10.2 Å². The van der Waals surface area contributed by atoms with Crippen LogP contribution in [-0.2, 0) is 11.3 Å². The molecule has 1 amide bonds. The van der Waals surface area contributed by atoms with Gasteiger partial charge in [-0.3, -0.25) is 9.48 Å². The summed E-state index contributed by atoms with van der Waals surface area (Å²) in [6, 6.07) is 20.1. The number of rotatable bonds is 6. The van der Waals surface area contributed by atoms with Crippen LogP contribution in [0, 0.1) is 13.8 Å². The second-order valence-corrected chi connectivity index (χ2v) is 6.36. The van der Waals surface area contributed by atoms with Gasteiger partial charge < -0.3 is 4.90 Å². The maximum atomic E-state index is 12.0. The first kappa shape index (κ1) is 18.4. The molecular weight excluding hydrogens is 338 g/mol. The minimum Gasteiger partial charge on any atom is -0.345 e. The average Bonchev–Trinajstić information content (AvgIpc) is 2.99. The SMILES string of the molecule is Cc1cc(C)n(CC(=O)N/N=C/c2ccc(N(C)c3ccccc3)cc2)n1. The molecule has 0 aliphatic carbocycles. The molecule has 0 spiro atoms. The van der Waals surface area contributed by atoms with Gasteiger partial charge in [-0.25, -0.2) is 5.43 Å². The van der Waals surface area contributed by atoms with E-state index in [0.29, 0.717) is 0 Å². The molecule has 1 N–H and O–H groups in total. The monoisotopic (exact) mass is 361 g/mol. The lowest BCUT2D eigenvalue weighted by molar-refractivity contribution is -0.121. The molecule has 0 bridgehead atoms. The Balaban J connectivity index is 1.56. The van der Waals surface area contributed by atoms with Crippen molar-refractivity contribution in [1.29, 1.82) is 0 Å². The van der Waals surface area contributed by atoms with Gasteiger partial charge >= 0.3 is 0 Å². The number of hydrogen-bond donors (Lipinski definition) is 1. The molecule has 0 fully saturated rings. The van der Waals surface area contributed by atoms with Crippen molar-refractivity contribution in [3.8, 4) is 0 Å². The second-order valence-electron chi connectivity index (χ2n) is 6.36. The highest BCUT2D eigenvalue weighted by molar-refractivity contribution is 5.83. The predicted octanol–water partition coefficient (Wildman–Crippen LogP) is 3.42. The Kier molecular flexibility index (Phi) is 5.66. The Morgan fingerprint density at radius 1 is 1.11 bits per heavy atom. The Morgan fingerprint density at radius 2 is 1.78 bits per heavy atom.